The second kappa shape index (κ2) is 6.90. The number of azide groups is 1. The Balaban J connectivity index is 2.77. The van der Waals surface area contributed by atoms with E-state index in [2.05, 4.69) is 15.3 Å². The third kappa shape index (κ3) is 4.07. The van der Waals surface area contributed by atoms with Gasteiger partial charge in [-0.2, -0.15) is 0 Å². The van der Waals surface area contributed by atoms with Gasteiger partial charge in [-0.3, -0.25) is 4.79 Å². The van der Waals surface area contributed by atoms with E-state index in [1.807, 2.05) is 12.2 Å². The molecule has 0 heterocycles. The lowest BCUT2D eigenvalue weighted by atomic mass is 9.94. The normalized spacial score (nSPS) is 27.3. The quantitative estimate of drug-likeness (QED) is 0.256. The molecule has 1 aliphatic carbocycles. The van der Waals surface area contributed by atoms with Gasteiger partial charge in [-0.25, -0.2) is 0 Å². The fraction of sp³-hybridized carbons (Fsp3) is 0.700. The third-order valence-corrected chi connectivity index (χ3v) is 2.42. The maximum Gasteiger partial charge on any atom is 0.217 e. The maximum absolute atomic E-state index is 11.1. The molecule has 0 unspecified atom stereocenters. The smallest absolute Gasteiger partial charge is 0.217 e. The average Bonchev–Trinajstić information content (AvgIpc) is 2.29. The number of hydrogen-bond acceptors (Lipinski definition) is 4. The Morgan fingerprint density at radius 2 is 2.47 bits per heavy atom. The van der Waals surface area contributed by atoms with Gasteiger partial charge in [-0.1, -0.05) is 17.3 Å². The summed E-state index contributed by atoms with van der Waals surface area (Å²) in [5.41, 5.74) is 8.49. The van der Waals surface area contributed by atoms with E-state index < -0.39 is 0 Å². The van der Waals surface area contributed by atoms with Crippen LogP contribution in [0, 0.1) is 0 Å². The van der Waals surface area contributed by atoms with Crippen LogP contribution in [-0.2, 0) is 14.3 Å². The minimum absolute atomic E-state index is 0.119. The molecule has 0 aromatic heterocycles. The van der Waals surface area contributed by atoms with Crippen LogP contribution in [0.3, 0.4) is 0 Å². The molecule has 7 heteroatoms. The van der Waals surface area contributed by atoms with Gasteiger partial charge in [0.2, 0.25) is 5.91 Å². The van der Waals surface area contributed by atoms with E-state index in [4.69, 9.17) is 15.0 Å². The molecular formula is C10H16N4O3. The number of methoxy groups -OCH3 is 1. The van der Waals surface area contributed by atoms with Crippen LogP contribution in [0.25, 0.3) is 10.4 Å². The molecule has 3 atom stereocenters. The number of carbonyl (C=O) groups excluding carboxylic acids is 1. The lowest BCUT2D eigenvalue weighted by molar-refractivity contribution is -0.122. The Morgan fingerprint density at radius 1 is 1.71 bits per heavy atom. The monoisotopic (exact) mass is 240 g/mol. The molecule has 1 N–H and O–H groups in total. The predicted octanol–water partition coefficient (Wildman–Crippen LogP) is 1.12. The molecule has 0 bridgehead atoms. The van der Waals surface area contributed by atoms with Crippen LogP contribution in [0.4, 0.5) is 0 Å². The first-order chi connectivity index (χ1) is 8.19. The first-order valence-corrected chi connectivity index (χ1v) is 5.27. The first kappa shape index (κ1) is 13.5. The Labute approximate surface area is 99.4 Å². The van der Waals surface area contributed by atoms with Crippen LogP contribution in [0.5, 0.6) is 0 Å². The molecule has 0 aliphatic heterocycles. The number of hydrogen-bond donors (Lipinski definition) is 1. The third-order valence-electron chi connectivity index (χ3n) is 2.42. The summed E-state index contributed by atoms with van der Waals surface area (Å²) in [4.78, 5) is 13.9. The minimum Gasteiger partial charge on any atom is -0.359 e. The molecule has 0 spiro atoms. The SMILES string of the molecule is COCO[C@H]1C=CC[C@H](N=[N+]=[N-])[C@H]1NC(C)=O. The summed E-state index contributed by atoms with van der Waals surface area (Å²) in [6.07, 6.45) is 3.95. The van der Waals surface area contributed by atoms with Crippen molar-refractivity contribution in [1.29, 1.82) is 0 Å². The molecule has 1 rings (SSSR count). The van der Waals surface area contributed by atoms with Gasteiger partial charge in [0, 0.05) is 18.9 Å². The highest BCUT2D eigenvalue weighted by molar-refractivity contribution is 5.73. The molecular weight excluding hydrogens is 224 g/mol. The van der Waals surface area contributed by atoms with E-state index in [9.17, 15) is 4.79 Å². The summed E-state index contributed by atoms with van der Waals surface area (Å²) in [6, 6.07) is -0.695. The zero-order valence-electron chi connectivity index (χ0n) is 9.87. The highest BCUT2D eigenvalue weighted by Crippen LogP contribution is 2.19. The lowest BCUT2D eigenvalue weighted by Gasteiger charge is -2.32. The molecule has 1 aliphatic rings. The van der Waals surface area contributed by atoms with Crippen LogP contribution in [0.2, 0.25) is 0 Å². The number of nitrogens with zero attached hydrogens (tertiary/aromatic N) is 3. The van der Waals surface area contributed by atoms with E-state index in [0.717, 1.165) is 0 Å². The van der Waals surface area contributed by atoms with Crippen LogP contribution in [0.15, 0.2) is 17.3 Å². The van der Waals surface area contributed by atoms with Crippen molar-refractivity contribution in [3.63, 3.8) is 0 Å². The summed E-state index contributed by atoms with van der Waals surface area (Å²) in [5, 5.41) is 6.41. The largest absolute Gasteiger partial charge is 0.359 e. The van der Waals surface area contributed by atoms with Crippen LogP contribution in [0.1, 0.15) is 13.3 Å². The lowest BCUT2D eigenvalue weighted by Crippen LogP contribution is -2.51. The number of amides is 1. The maximum atomic E-state index is 11.1. The minimum atomic E-state index is -0.358. The molecule has 0 aromatic rings. The summed E-state index contributed by atoms with van der Waals surface area (Å²) < 4.78 is 10.2. The zero-order chi connectivity index (χ0) is 12.7. The van der Waals surface area contributed by atoms with Crippen molar-refractivity contribution < 1.29 is 14.3 Å². The summed E-state index contributed by atoms with van der Waals surface area (Å²) >= 11 is 0. The number of rotatable bonds is 5. The van der Waals surface area contributed by atoms with Crippen molar-refractivity contribution in [2.24, 2.45) is 5.11 Å². The highest BCUT2D eigenvalue weighted by Gasteiger charge is 2.31. The van der Waals surface area contributed by atoms with Crippen molar-refractivity contribution in [2.75, 3.05) is 13.9 Å². The van der Waals surface area contributed by atoms with Crippen LogP contribution >= 0.6 is 0 Å². The molecule has 0 saturated carbocycles. The number of carbonyl (C=O) groups is 1. The van der Waals surface area contributed by atoms with Gasteiger partial charge in [-0.05, 0) is 12.0 Å². The fourth-order valence-electron chi connectivity index (χ4n) is 1.74. The Morgan fingerprint density at radius 3 is 3.06 bits per heavy atom. The molecule has 1 amide bonds. The average molecular weight is 240 g/mol. The summed E-state index contributed by atoms with van der Waals surface area (Å²) in [5.74, 6) is -0.186. The van der Waals surface area contributed by atoms with Gasteiger partial charge in [0.1, 0.15) is 6.79 Å². The first-order valence-electron chi connectivity index (χ1n) is 5.27. The topological polar surface area (TPSA) is 96.3 Å². The fourth-order valence-corrected chi connectivity index (χ4v) is 1.74. The van der Waals surface area contributed by atoms with Crippen LogP contribution < -0.4 is 5.32 Å². The van der Waals surface area contributed by atoms with E-state index in [0.29, 0.717) is 6.42 Å². The summed E-state index contributed by atoms with van der Waals surface area (Å²) in [6.45, 7) is 1.53. The predicted molar refractivity (Wildman–Crippen MR) is 61.0 cm³/mol. The Hall–Kier alpha value is -1.56. The molecule has 0 aromatic carbocycles. The van der Waals surface area contributed by atoms with Crippen LogP contribution in [-0.4, -0.2) is 38.0 Å². The zero-order valence-corrected chi connectivity index (χ0v) is 9.87. The highest BCUT2D eigenvalue weighted by atomic mass is 16.7. The van der Waals surface area contributed by atoms with E-state index >= 15 is 0 Å². The molecule has 0 fully saturated rings. The van der Waals surface area contributed by atoms with Crippen molar-refractivity contribution in [2.45, 2.75) is 31.5 Å². The van der Waals surface area contributed by atoms with Gasteiger partial charge < -0.3 is 14.8 Å². The number of nitrogens with one attached hydrogen (secondary N) is 1. The van der Waals surface area contributed by atoms with Gasteiger partial charge in [-0.15, -0.1) is 0 Å². The molecule has 7 nitrogen and oxygen atoms in total. The summed E-state index contributed by atoms with van der Waals surface area (Å²) in [7, 11) is 1.52. The molecule has 0 saturated heterocycles. The Bertz CT molecular complexity index is 338. The molecule has 17 heavy (non-hydrogen) atoms. The van der Waals surface area contributed by atoms with E-state index in [-0.39, 0.29) is 30.9 Å². The molecule has 94 valence electrons. The van der Waals surface area contributed by atoms with Crippen molar-refractivity contribution in [3.05, 3.63) is 22.6 Å². The van der Waals surface area contributed by atoms with Crippen molar-refractivity contribution in [1.82, 2.24) is 5.32 Å². The Kier molecular flexibility index (Phi) is 5.48. The second-order valence-electron chi connectivity index (χ2n) is 3.70. The second-order valence-corrected chi connectivity index (χ2v) is 3.70. The standard InChI is InChI=1S/C10H16N4O3/c1-7(15)12-10-8(13-14-11)4-3-5-9(10)17-6-16-2/h3,5,8-10H,4,6H2,1-2H3,(H,12,15)/t8-,9-,10+/m0/s1. The van der Waals surface area contributed by atoms with E-state index in [1.54, 1.807) is 0 Å². The van der Waals surface area contributed by atoms with Crippen molar-refractivity contribution in [3.8, 4) is 0 Å². The van der Waals surface area contributed by atoms with Gasteiger partial charge >= 0.3 is 0 Å². The van der Waals surface area contributed by atoms with E-state index in [1.165, 1.54) is 14.0 Å². The van der Waals surface area contributed by atoms with Gasteiger partial charge in [0.05, 0.1) is 18.2 Å². The van der Waals surface area contributed by atoms with Gasteiger partial charge in [0.15, 0.2) is 0 Å². The van der Waals surface area contributed by atoms with Gasteiger partial charge in [0.25, 0.3) is 0 Å². The molecule has 0 radical (unpaired) electrons. The number of ether oxygens (including phenoxy) is 2. The van der Waals surface area contributed by atoms with Crippen molar-refractivity contribution >= 4 is 5.91 Å².